The van der Waals surface area contributed by atoms with Crippen LogP contribution in [0.25, 0.3) is 0 Å². The molecule has 0 aliphatic heterocycles. The number of ether oxygens (including phenoxy) is 2. The number of unbranched alkanes of at least 4 members (excludes halogenated alkanes) is 2. The first-order chi connectivity index (χ1) is 23.5. The van der Waals surface area contributed by atoms with Gasteiger partial charge in [0.25, 0.3) is 5.91 Å². The number of benzene rings is 2. The zero-order chi connectivity index (χ0) is 37.2. The molecular formula is C38H56N4O8. The molecule has 50 heavy (non-hydrogen) atoms. The Morgan fingerprint density at radius 1 is 0.680 bits per heavy atom. The van der Waals surface area contributed by atoms with E-state index in [0.717, 1.165) is 31.2 Å². The molecule has 276 valence electrons. The van der Waals surface area contributed by atoms with Gasteiger partial charge in [0.15, 0.2) is 0 Å². The highest BCUT2D eigenvalue weighted by molar-refractivity contribution is 5.86. The molecule has 2 rings (SSSR count). The first-order valence-corrected chi connectivity index (χ1v) is 17.4. The Bertz CT molecular complexity index is 1370. The second-order valence-electron chi connectivity index (χ2n) is 14.4. The molecule has 2 aromatic rings. The number of rotatable bonds is 17. The van der Waals surface area contributed by atoms with Crippen molar-refractivity contribution < 1.29 is 38.3 Å². The van der Waals surface area contributed by atoms with Crippen molar-refractivity contribution in [2.75, 3.05) is 13.1 Å². The van der Waals surface area contributed by atoms with Gasteiger partial charge in [0.2, 0.25) is 5.91 Å². The van der Waals surface area contributed by atoms with Crippen LogP contribution in [0.3, 0.4) is 0 Å². The number of amides is 4. The Balaban J connectivity index is 1.75. The van der Waals surface area contributed by atoms with Gasteiger partial charge >= 0.3 is 18.2 Å². The summed E-state index contributed by atoms with van der Waals surface area (Å²) >= 11 is 0. The Labute approximate surface area is 296 Å². The highest BCUT2D eigenvalue weighted by atomic mass is 16.7. The van der Waals surface area contributed by atoms with Gasteiger partial charge in [-0.05, 0) is 103 Å². The summed E-state index contributed by atoms with van der Waals surface area (Å²) in [6.45, 7) is 12.2. The van der Waals surface area contributed by atoms with E-state index in [2.05, 4.69) is 45.7 Å². The summed E-state index contributed by atoms with van der Waals surface area (Å²) in [5.74, 6) is -2.51. The predicted molar refractivity (Wildman–Crippen MR) is 191 cm³/mol. The summed E-state index contributed by atoms with van der Waals surface area (Å²) in [6, 6.07) is 17.3. The monoisotopic (exact) mass is 696 g/mol. The van der Waals surface area contributed by atoms with Crippen LogP contribution in [0.2, 0.25) is 0 Å². The molecule has 0 bridgehead atoms. The average molecular weight is 697 g/mol. The topological polar surface area (TPSA) is 161 Å². The number of nitrogens with one attached hydrogen (secondary N) is 4. The normalized spacial score (nSPS) is 12.5. The second kappa shape index (κ2) is 20.8. The van der Waals surface area contributed by atoms with Gasteiger partial charge < -0.3 is 30.3 Å². The van der Waals surface area contributed by atoms with E-state index in [0.29, 0.717) is 19.4 Å². The minimum Gasteiger partial charge on any atom is -0.444 e. The number of hydrogen-bond acceptors (Lipinski definition) is 8. The summed E-state index contributed by atoms with van der Waals surface area (Å²) < 4.78 is 10.5. The van der Waals surface area contributed by atoms with Gasteiger partial charge in [-0.15, -0.1) is 0 Å². The van der Waals surface area contributed by atoms with E-state index in [4.69, 9.17) is 14.3 Å². The van der Waals surface area contributed by atoms with Crippen LogP contribution in [0.4, 0.5) is 9.59 Å². The molecule has 0 saturated carbocycles. The summed E-state index contributed by atoms with van der Waals surface area (Å²) in [7, 11) is 0. The first-order valence-electron chi connectivity index (χ1n) is 17.4. The Hall–Kier alpha value is -4.61. The van der Waals surface area contributed by atoms with Crippen molar-refractivity contribution in [3.63, 3.8) is 0 Å². The molecule has 0 aliphatic rings. The maximum Gasteiger partial charge on any atom is 0.408 e. The fourth-order valence-electron chi connectivity index (χ4n) is 4.71. The number of carbonyl (C=O) groups is 5. The smallest absolute Gasteiger partial charge is 0.408 e. The Morgan fingerprint density at radius 2 is 1.24 bits per heavy atom. The third-order valence-corrected chi connectivity index (χ3v) is 7.26. The lowest BCUT2D eigenvalue weighted by molar-refractivity contribution is -0.161. The van der Waals surface area contributed by atoms with E-state index in [1.165, 1.54) is 11.1 Å². The molecule has 0 fully saturated rings. The lowest BCUT2D eigenvalue weighted by Crippen LogP contribution is -2.49. The molecule has 4 amide bonds. The zero-order valence-electron chi connectivity index (χ0n) is 30.7. The maximum atomic E-state index is 13.0. The van der Waals surface area contributed by atoms with E-state index in [9.17, 15) is 24.0 Å². The summed E-state index contributed by atoms with van der Waals surface area (Å²) in [4.78, 5) is 67.3. The van der Waals surface area contributed by atoms with E-state index in [1.54, 1.807) is 48.5 Å². The first kappa shape index (κ1) is 41.6. The lowest BCUT2D eigenvalue weighted by Gasteiger charge is -2.24. The summed E-state index contributed by atoms with van der Waals surface area (Å²) in [5, 5.41) is 7.91. The number of alkyl carbamates (subject to hydrolysis) is 2. The van der Waals surface area contributed by atoms with Crippen molar-refractivity contribution in [2.24, 2.45) is 5.92 Å². The molecule has 12 heteroatoms. The van der Waals surface area contributed by atoms with Crippen LogP contribution in [0.15, 0.2) is 54.6 Å². The van der Waals surface area contributed by atoms with Crippen LogP contribution >= 0.6 is 0 Å². The second-order valence-corrected chi connectivity index (χ2v) is 14.4. The van der Waals surface area contributed by atoms with E-state index in [1.807, 2.05) is 30.3 Å². The Kier molecular flexibility index (Phi) is 17.3. The van der Waals surface area contributed by atoms with Crippen molar-refractivity contribution in [2.45, 2.75) is 117 Å². The van der Waals surface area contributed by atoms with Gasteiger partial charge in [0.05, 0.1) is 12.3 Å². The van der Waals surface area contributed by atoms with Gasteiger partial charge in [-0.2, -0.15) is 5.48 Å². The van der Waals surface area contributed by atoms with Gasteiger partial charge in [-0.25, -0.2) is 14.4 Å². The van der Waals surface area contributed by atoms with Crippen LogP contribution in [0.5, 0.6) is 0 Å². The molecule has 0 aliphatic carbocycles. The van der Waals surface area contributed by atoms with Crippen LogP contribution in [-0.4, -0.2) is 60.3 Å². The number of aryl methyl sites for hydroxylation is 2. The largest absolute Gasteiger partial charge is 0.444 e. The quantitative estimate of drug-likeness (QED) is 0.0930. The van der Waals surface area contributed by atoms with Crippen LogP contribution in [0, 0.1) is 5.92 Å². The van der Waals surface area contributed by atoms with Crippen molar-refractivity contribution in [3.8, 4) is 0 Å². The molecule has 0 unspecified atom stereocenters. The van der Waals surface area contributed by atoms with Crippen molar-refractivity contribution in [1.82, 2.24) is 21.4 Å². The summed E-state index contributed by atoms with van der Waals surface area (Å²) in [5.41, 5.74) is 4.13. The molecule has 4 N–H and O–H groups in total. The predicted octanol–water partition coefficient (Wildman–Crippen LogP) is 5.71. The third-order valence-electron chi connectivity index (χ3n) is 7.26. The minimum atomic E-state index is -0.949. The van der Waals surface area contributed by atoms with Crippen molar-refractivity contribution >= 4 is 30.0 Å². The van der Waals surface area contributed by atoms with E-state index < -0.39 is 53.1 Å². The molecule has 2 atom stereocenters. The molecule has 0 saturated heterocycles. The Morgan fingerprint density at radius 3 is 1.84 bits per heavy atom. The molecule has 0 aromatic heterocycles. The fourth-order valence-corrected chi connectivity index (χ4v) is 4.71. The van der Waals surface area contributed by atoms with Gasteiger partial charge in [-0.3, -0.25) is 9.59 Å². The van der Waals surface area contributed by atoms with Gasteiger partial charge in [-0.1, -0.05) is 61.5 Å². The zero-order valence-corrected chi connectivity index (χ0v) is 30.7. The molecule has 0 heterocycles. The van der Waals surface area contributed by atoms with E-state index >= 15 is 0 Å². The van der Waals surface area contributed by atoms with Crippen LogP contribution in [-0.2, 0) is 48.0 Å². The molecular weight excluding hydrogens is 640 g/mol. The van der Waals surface area contributed by atoms with E-state index in [-0.39, 0.29) is 19.4 Å². The van der Waals surface area contributed by atoms with Crippen molar-refractivity contribution in [1.29, 1.82) is 0 Å². The maximum absolute atomic E-state index is 13.0. The van der Waals surface area contributed by atoms with Crippen molar-refractivity contribution in [3.05, 3.63) is 71.3 Å². The highest BCUT2D eigenvalue weighted by Gasteiger charge is 2.26. The number of hydroxylamine groups is 1. The third kappa shape index (κ3) is 18.8. The SMILES string of the molecule is C[C@@H](CNC(=O)[C@H](CCCCNC(=O)OC(C)(C)C)NC(=O)OC(C)(C)C)C(=O)ONC(=O)Cc1ccc(CCCCc2ccccc2)cc1. The van der Waals surface area contributed by atoms with Gasteiger partial charge in [0, 0.05) is 13.1 Å². The highest BCUT2D eigenvalue weighted by Crippen LogP contribution is 2.12. The number of carbonyl (C=O) groups excluding carboxylic acids is 5. The molecule has 0 spiro atoms. The molecule has 12 nitrogen and oxygen atoms in total. The standard InChI is InChI=1S/C38H56N4O8/c1-27(26-40-33(44)31(41-36(47)49-38(5,6)7)19-13-14-24-39-35(46)48-37(2,3)4)34(45)50-42-32(43)25-30-22-20-29(21-23-30)18-12-11-17-28-15-9-8-10-16-28/h8-10,15-16,20-23,27,31H,11-14,17-19,24-26H2,1-7H3,(H,39,46)(H,40,44)(H,41,47)(H,42,43)/t27-,31-/m0/s1. The fraction of sp³-hybridized carbons (Fsp3) is 0.553. The molecule has 0 radical (unpaired) electrons. The minimum absolute atomic E-state index is 0.0397. The number of hydrogen-bond donors (Lipinski definition) is 4. The summed E-state index contributed by atoms with van der Waals surface area (Å²) in [6.07, 6.45) is 4.19. The lowest BCUT2D eigenvalue weighted by atomic mass is 10.0. The van der Waals surface area contributed by atoms with Gasteiger partial charge in [0.1, 0.15) is 17.2 Å². The molecule has 2 aromatic carbocycles. The average Bonchev–Trinajstić information content (AvgIpc) is 3.03. The van der Waals surface area contributed by atoms with Crippen LogP contribution < -0.4 is 21.4 Å². The van der Waals surface area contributed by atoms with Crippen LogP contribution in [0.1, 0.15) is 97.3 Å².